The number of Topliss-reactive ketones (excluding diaryl/α,β-unsaturated/α-hetero) is 3. The van der Waals surface area contributed by atoms with Gasteiger partial charge in [-0.2, -0.15) is 0 Å². The van der Waals surface area contributed by atoms with Gasteiger partial charge in [0, 0.05) is 64.6 Å². The first kappa shape index (κ1) is 62.7. The van der Waals surface area contributed by atoms with E-state index in [1.807, 2.05) is 83.2 Å². The number of allylic oxidation sites excluding steroid dienone is 6. The van der Waals surface area contributed by atoms with Crippen molar-refractivity contribution in [2.24, 2.45) is 35.5 Å². The Bertz CT molecular complexity index is 2150. The highest BCUT2D eigenvalue weighted by Gasteiger charge is 2.53. The van der Waals surface area contributed by atoms with E-state index in [1.54, 1.807) is 34.0 Å². The Balaban J connectivity index is 1.42. The predicted octanol–water partition coefficient (Wildman–Crippen LogP) is 9.62. The average molecular weight is 1060 g/mol. The molecule has 14 heteroatoms. The van der Waals surface area contributed by atoms with E-state index in [1.165, 1.54) is 17.6 Å². The molecule has 3 fully saturated rings. The number of piperidine rings is 1. The molecule has 0 spiro atoms. The van der Waals surface area contributed by atoms with Gasteiger partial charge in [0.25, 0.3) is 11.7 Å². The van der Waals surface area contributed by atoms with Crippen molar-refractivity contribution < 1.29 is 62.6 Å². The van der Waals surface area contributed by atoms with Gasteiger partial charge in [-0.15, -0.1) is 0 Å². The minimum atomic E-state index is -2.43. The van der Waals surface area contributed by atoms with Gasteiger partial charge in [0.05, 0.1) is 24.4 Å². The zero-order chi connectivity index (χ0) is 55.5. The summed E-state index contributed by atoms with van der Waals surface area (Å²) in [4.78, 5) is 73.0. The second-order valence-corrected chi connectivity index (χ2v) is 22.7. The number of ketones is 3. The molecular formula is C62H93NO13. The molecule has 424 valence electrons. The molecule has 3 heterocycles. The van der Waals surface area contributed by atoms with Crippen LogP contribution in [0.15, 0.2) is 77.9 Å². The predicted molar refractivity (Wildman–Crippen MR) is 293 cm³/mol. The van der Waals surface area contributed by atoms with Gasteiger partial charge in [0.2, 0.25) is 5.79 Å². The van der Waals surface area contributed by atoms with Gasteiger partial charge in [0.15, 0.2) is 5.78 Å². The monoisotopic (exact) mass is 1060 g/mol. The number of methoxy groups -OCH3 is 2. The summed E-state index contributed by atoms with van der Waals surface area (Å²) in [6.45, 7) is 16.1. The summed E-state index contributed by atoms with van der Waals surface area (Å²) in [5.41, 5.74) is 2.58. The highest BCUT2D eigenvalue weighted by molar-refractivity contribution is 6.39. The third-order valence-corrected chi connectivity index (χ3v) is 16.5. The first-order chi connectivity index (χ1) is 36.3. The minimum Gasteiger partial charge on any atom is -0.460 e. The SMILES string of the molecule is CCCOC1C[C@@H]2CC[C@@H](C)[C@@](O)(O2)C(=O)C(=O)N2CCCC[C@H]2C(=O)O[C@H]([C@H](C)C[C@@H]2CC[C@@H](OCCCc3ccccc3)[C@H](OC)C2)CC(=O)[C@H](C)/C=C(\C)[C@@H](O)[C@@H](OC)C(=O)[C@H](C)C[C@H](C)/C=C/C=CC=C1C. The van der Waals surface area contributed by atoms with E-state index in [0.29, 0.717) is 63.7 Å². The molecule has 1 aliphatic carbocycles. The van der Waals surface area contributed by atoms with Crippen molar-refractivity contribution >= 4 is 29.2 Å². The molecule has 0 aromatic heterocycles. The molecular weight excluding hydrogens is 967 g/mol. The zero-order valence-corrected chi connectivity index (χ0v) is 47.5. The number of fused-ring (bicyclic) bond motifs is 3. The van der Waals surface area contributed by atoms with Crippen molar-refractivity contribution in [3.63, 3.8) is 0 Å². The Morgan fingerprint density at radius 1 is 0.829 bits per heavy atom. The van der Waals surface area contributed by atoms with Crippen molar-refractivity contribution in [2.45, 2.75) is 206 Å². The number of aryl methyl sites for hydroxylation is 1. The Labute approximate surface area is 454 Å². The summed E-state index contributed by atoms with van der Waals surface area (Å²) >= 11 is 0. The van der Waals surface area contributed by atoms with Crippen molar-refractivity contribution in [1.82, 2.24) is 4.90 Å². The lowest BCUT2D eigenvalue weighted by molar-refractivity contribution is -0.266. The molecule has 15 atom stereocenters. The number of aliphatic hydroxyl groups excluding tert-OH is 1. The summed E-state index contributed by atoms with van der Waals surface area (Å²) in [5.74, 6) is -7.79. The highest BCUT2D eigenvalue weighted by atomic mass is 16.6. The van der Waals surface area contributed by atoms with E-state index in [9.17, 15) is 34.2 Å². The fraction of sp³-hybridized carbons (Fsp3) is 0.694. The summed E-state index contributed by atoms with van der Waals surface area (Å²) in [7, 11) is 3.10. The van der Waals surface area contributed by atoms with Crippen LogP contribution in [0.2, 0.25) is 0 Å². The molecule has 1 saturated carbocycles. The largest absolute Gasteiger partial charge is 0.460 e. The van der Waals surface area contributed by atoms with Gasteiger partial charge < -0.3 is 43.5 Å². The molecule has 1 unspecified atom stereocenters. The Morgan fingerprint density at radius 2 is 1.58 bits per heavy atom. The zero-order valence-electron chi connectivity index (χ0n) is 47.5. The number of carbonyl (C=O) groups excluding carboxylic acids is 5. The van der Waals surface area contributed by atoms with Crippen LogP contribution in [0.4, 0.5) is 0 Å². The van der Waals surface area contributed by atoms with Crippen LogP contribution in [-0.4, -0.2) is 133 Å². The fourth-order valence-electron chi connectivity index (χ4n) is 11.6. The van der Waals surface area contributed by atoms with Gasteiger partial charge in [-0.05, 0) is 132 Å². The van der Waals surface area contributed by atoms with Crippen molar-refractivity contribution in [3.8, 4) is 0 Å². The van der Waals surface area contributed by atoms with Crippen LogP contribution >= 0.6 is 0 Å². The van der Waals surface area contributed by atoms with E-state index in [2.05, 4.69) is 12.1 Å². The van der Waals surface area contributed by atoms with Crippen molar-refractivity contribution in [1.29, 1.82) is 0 Å². The summed E-state index contributed by atoms with van der Waals surface area (Å²) in [5, 5.41) is 23.7. The molecule has 4 aliphatic rings. The second-order valence-electron chi connectivity index (χ2n) is 22.7. The molecule has 2 saturated heterocycles. The second kappa shape index (κ2) is 30.9. The van der Waals surface area contributed by atoms with Crippen LogP contribution < -0.4 is 0 Å². The van der Waals surface area contributed by atoms with Gasteiger partial charge in [0.1, 0.15) is 30.1 Å². The third-order valence-electron chi connectivity index (χ3n) is 16.5. The lowest BCUT2D eigenvalue weighted by Crippen LogP contribution is -2.61. The first-order valence-electron chi connectivity index (χ1n) is 28.5. The van der Waals surface area contributed by atoms with E-state index in [4.69, 9.17) is 28.4 Å². The van der Waals surface area contributed by atoms with Crippen LogP contribution in [-0.2, 0) is 58.8 Å². The quantitative estimate of drug-likeness (QED) is 0.0825. The van der Waals surface area contributed by atoms with Crippen LogP contribution in [0.25, 0.3) is 0 Å². The maximum absolute atomic E-state index is 14.6. The number of esters is 1. The maximum Gasteiger partial charge on any atom is 0.329 e. The number of hydrogen-bond acceptors (Lipinski definition) is 13. The molecule has 0 radical (unpaired) electrons. The number of aliphatic hydroxyl groups is 2. The number of amides is 1. The summed E-state index contributed by atoms with van der Waals surface area (Å²) in [6.07, 6.45) is 15.3. The Kier molecular flexibility index (Phi) is 25.4. The van der Waals surface area contributed by atoms with Crippen LogP contribution in [0.3, 0.4) is 0 Å². The minimum absolute atomic E-state index is 0.0180. The number of rotatable bonds is 13. The summed E-state index contributed by atoms with van der Waals surface area (Å²) in [6, 6.07) is 9.20. The Hall–Kier alpha value is -4.15. The number of hydrogen-bond donors (Lipinski definition) is 2. The van der Waals surface area contributed by atoms with Crippen molar-refractivity contribution in [3.05, 3.63) is 83.5 Å². The number of benzene rings is 1. The van der Waals surface area contributed by atoms with E-state index < -0.39 is 77.8 Å². The molecule has 3 aliphatic heterocycles. The first-order valence-corrected chi connectivity index (χ1v) is 28.5. The maximum atomic E-state index is 14.6. The lowest BCUT2D eigenvalue weighted by atomic mass is 9.78. The van der Waals surface area contributed by atoms with E-state index in [0.717, 1.165) is 44.1 Å². The van der Waals surface area contributed by atoms with E-state index >= 15 is 0 Å². The summed E-state index contributed by atoms with van der Waals surface area (Å²) < 4.78 is 37.0. The normalized spacial score (nSPS) is 35.1. The number of cyclic esters (lactones) is 1. The topological polar surface area (TPSA) is 184 Å². The van der Waals surface area contributed by atoms with Crippen LogP contribution in [0.5, 0.6) is 0 Å². The number of nitrogens with zero attached hydrogens (tertiary/aromatic N) is 1. The van der Waals surface area contributed by atoms with Gasteiger partial charge >= 0.3 is 5.97 Å². The molecule has 14 nitrogen and oxygen atoms in total. The highest BCUT2D eigenvalue weighted by Crippen LogP contribution is 2.38. The number of carbonyl (C=O) groups is 5. The Morgan fingerprint density at radius 3 is 2.29 bits per heavy atom. The van der Waals surface area contributed by atoms with E-state index in [-0.39, 0.29) is 60.9 Å². The van der Waals surface area contributed by atoms with Crippen LogP contribution in [0, 0.1) is 35.5 Å². The number of ether oxygens (including phenoxy) is 6. The van der Waals surface area contributed by atoms with Gasteiger partial charge in [-0.25, -0.2) is 4.79 Å². The van der Waals surface area contributed by atoms with Crippen LogP contribution in [0.1, 0.15) is 151 Å². The molecule has 2 bridgehead atoms. The molecule has 5 rings (SSSR count). The fourth-order valence-corrected chi connectivity index (χ4v) is 11.6. The molecule has 1 amide bonds. The van der Waals surface area contributed by atoms with Gasteiger partial charge in [-0.3, -0.25) is 19.2 Å². The lowest BCUT2D eigenvalue weighted by Gasteiger charge is -2.43. The molecule has 2 N–H and O–H groups in total. The average Bonchev–Trinajstić information content (AvgIpc) is 3.41. The van der Waals surface area contributed by atoms with Gasteiger partial charge in [-0.1, -0.05) is 108 Å². The molecule has 1 aromatic rings. The standard InChI is InChI=1S/C62H93NO13/c1-11-32-73-53-38-49-29-27-46(8)62(70,76-49)59(67)60(68)63-31-19-18-26-50(63)61(69)75-54(43(5)36-48-28-30-52(55(37-48)71-9)74-33-20-25-47-23-16-13-17-24-47)39-51(64)42(4)35-45(7)57(66)58(72-10)56(65)44(6)34-40(2)21-14-12-15-22-41(53)3/h12-17,21-24,35,40,42-44,46,48-50,52-55,57-58,66,70H,11,18-20,25-34,36-39H2,1-10H3/b15-12?,21-14+,41-22?,45-35+/t40-,42-,43-,44-,46-,48+,49+,50+,52-,53?,54+,55-,57-,58+,62-/m1/s1. The van der Waals surface area contributed by atoms with Crippen molar-refractivity contribution in [2.75, 3.05) is 34.0 Å². The smallest absolute Gasteiger partial charge is 0.329 e. The third kappa shape index (κ3) is 17.7. The molecule has 1 aromatic carbocycles. The molecule has 76 heavy (non-hydrogen) atoms.